The van der Waals surface area contributed by atoms with E-state index in [1.165, 1.54) is 0 Å². The zero-order valence-corrected chi connectivity index (χ0v) is 10.2. The van der Waals surface area contributed by atoms with Gasteiger partial charge in [0.05, 0.1) is 5.02 Å². The standard InChI is InChI=1S/C13H10Cl2O/c1-8-6-10(14)3-4-11(8)9-2-5-12(15)13(16)7-9/h2-7,16H,1H3. The number of hydrogen-bond donors (Lipinski definition) is 1. The number of aryl methyl sites for hydroxylation is 1. The summed E-state index contributed by atoms with van der Waals surface area (Å²) in [4.78, 5) is 0. The van der Waals surface area contributed by atoms with E-state index in [9.17, 15) is 5.11 Å². The number of rotatable bonds is 1. The highest BCUT2D eigenvalue weighted by Crippen LogP contribution is 2.31. The molecule has 0 fully saturated rings. The van der Waals surface area contributed by atoms with Gasteiger partial charge in [0.2, 0.25) is 0 Å². The second-order valence-corrected chi connectivity index (χ2v) is 4.47. The Morgan fingerprint density at radius 3 is 2.38 bits per heavy atom. The fourth-order valence-corrected chi connectivity index (χ4v) is 1.98. The quantitative estimate of drug-likeness (QED) is 0.782. The van der Waals surface area contributed by atoms with Crippen LogP contribution < -0.4 is 0 Å². The Morgan fingerprint density at radius 1 is 1.00 bits per heavy atom. The smallest absolute Gasteiger partial charge is 0.134 e. The van der Waals surface area contributed by atoms with Crippen LogP contribution in [0.3, 0.4) is 0 Å². The summed E-state index contributed by atoms with van der Waals surface area (Å²) in [7, 11) is 0. The van der Waals surface area contributed by atoms with Gasteiger partial charge in [-0.3, -0.25) is 0 Å². The molecule has 0 spiro atoms. The van der Waals surface area contributed by atoms with E-state index >= 15 is 0 Å². The van der Waals surface area contributed by atoms with Gasteiger partial charge in [0.25, 0.3) is 0 Å². The Bertz CT molecular complexity index is 535. The molecule has 2 aromatic carbocycles. The molecule has 0 aliphatic heterocycles. The minimum absolute atomic E-state index is 0.0912. The van der Waals surface area contributed by atoms with Crippen molar-refractivity contribution in [3.05, 3.63) is 52.0 Å². The van der Waals surface area contributed by atoms with Gasteiger partial charge in [-0.25, -0.2) is 0 Å². The minimum atomic E-state index is 0.0912. The Hall–Kier alpha value is -1.18. The van der Waals surface area contributed by atoms with Crippen LogP contribution in [-0.4, -0.2) is 5.11 Å². The summed E-state index contributed by atoms with van der Waals surface area (Å²) >= 11 is 11.7. The van der Waals surface area contributed by atoms with Crippen molar-refractivity contribution in [2.45, 2.75) is 6.92 Å². The molecule has 1 nitrogen and oxygen atoms in total. The summed E-state index contributed by atoms with van der Waals surface area (Å²) in [5, 5.41) is 10.6. The van der Waals surface area contributed by atoms with E-state index in [0.717, 1.165) is 16.7 Å². The molecule has 0 aliphatic rings. The maximum atomic E-state index is 9.55. The predicted molar refractivity (Wildman–Crippen MR) is 68.3 cm³/mol. The maximum absolute atomic E-state index is 9.55. The normalized spacial score (nSPS) is 10.4. The van der Waals surface area contributed by atoms with Crippen LogP contribution in [0.4, 0.5) is 0 Å². The Labute approximate surface area is 104 Å². The lowest BCUT2D eigenvalue weighted by Crippen LogP contribution is -1.83. The molecule has 0 saturated carbocycles. The highest BCUT2D eigenvalue weighted by atomic mass is 35.5. The van der Waals surface area contributed by atoms with E-state index in [-0.39, 0.29) is 5.75 Å². The molecule has 1 N–H and O–H groups in total. The number of halogens is 2. The van der Waals surface area contributed by atoms with Gasteiger partial charge in [0.15, 0.2) is 0 Å². The van der Waals surface area contributed by atoms with Crippen LogP contribution in [0.2, 0.25) is 10.0 Å². The summed E-state index contributed by atoms with van der Waals surface area (Å²) in [5.74, 6) is 0.0912. The van der Waals surface area contributed by atoms with Crippen molar-refractivity contribution in [1.82, 2.24) is 0 Å². The second-order valence-electron chi connectivity index (χ2n) is 3.63. The third-order valence-electron chi connectivity index (χ3n) is 2.45. The first-order valence-electron chi connectivity index (χ1n) is 4.83. The Kier molecular flexibility index (Phi) is 3.08. The molecule has 0 radical (unpaired) electrons. The molecule has 16 heavy (non-hydrogen) atoms. The van der Waals surface area contributed by atoms with Crippen LogP contribution >= 0.6 is 23.2 Å². The lowest BCUT2D eigenvalue weighted by Gasteiger charge is -2.07. The number of phenols is 1. The van der Waals surface area contributed by atoms with Crippen molar-refractivity contribution in [2.75, 3.05) is 0 Å². The van der Waals surface area contributed by atoms with Crippen LogP contribution in [0.25, 0.3) is 11.1 Å². The lowest BCUT2D eigenvalue weighted by molar-refractivity contribution is 0.476. The van der Waals surface area contributed by atoms with E-state index in [1.54, 1.807) is 12.1 Å². The first-order valence-corrected chi connectivity index (χ1v) is 5.58. The Morgan fingerprint density at radius 2 is 1.75 bits per heavy atom. The molecule has 0 aromatic heterocycles. The largest absolute Gasteiger partial charge is 0.506 e. The second kappa shape index (κ2) is 4.36. The molecule has 0 heterocycles. The molecule has 0 atom stereocenters. The van der Waals surface area contributed by atoms with Gasteiger partial charge < -0.3 is 5.11 Å². The van der Waals surface area contributed by atoms with Gasteiger partial charge >= 0.3 is 0 Å². The van der Waals surface area contributed by atoms with Crippen molar-refractivity contribution in [1.29, 1.82) is 0 Å². The summed E-state index contributed by atoms with van der Waals surface area (Å²) in [6, 6.07) is 10.9. The van der Waals surface area contributed by atoms with Gasteiger partial charge in [-0.05, 0) is 47.9 Å². The minimum Gasteiger partial charge on any atom is -0.506 e. The predicted octanol–water partition coefficient (Wildman–Crippen LogP) is 4.67. The highest BCUT2D eigenvalue weighted by molar-refractivity contribution is 6.32. The fraction of sp³-hybridized carbons (Fsp3) is 0.0769. The Balaban J connectivity index is 2.54. The van der Waals surface area contributed by atoms with E-state index in [0.29, 0.717) is 10.0 Å². The highest BCUT2D eigenvalue weighted by Gasteiger charge is 2.05. The molecule has 0 unspecified atom stereocenters. The van der Waals surface area contributed by atoms with Crippen molar-refractivity contribution < 1.29 is 5.11 Å². The van der Waals surface area contributed by atoms with Gasteiger partial charge in [-0.15, -0.1) is 0 Å². The van der Waals surface area contributed by atoms with Crippen molar-refractivity contribution >= 4 is 23.2 Å². The summed E-state index contributed by atoms with van der Waals surface area (Å²) in [6.45, 7) is 1.98. The van der Waals surface area contributed by atoms with Crippen LogP contribution in [0.15, 0.2) is 36.4 Å². The third kappa shape index (κ3) is 2.16. The van der Waals surface area contributed by atoms with Crippen molar-refractivity contribution in [2.24, 2.45) is 0 Å². The van der Waals surface area contributed by atoms with Crippen LogP contribution in [0.1, 0.15) is 5.56 Å². The molecule has 82 valence electrons. The third-order valence-corrected chi connectivity index (χ3v) is 3.00. The van der Waals surface area contributed by atoms with Gasteiger partial charge in [0, 0.05) is 5.02 Å². The van der Waals surface area contributed by atoms with Crippen molar-refractivity contribution in [3.63, 3.8) is 0 Å². The first-order chi connectivity index (χ1) is 7.58. The van der Waals surface area contributed by atoms with Gasteiger partial charge in [-0.1, -0.05) is 35.3 Å². The van der Waals surface area contributed by atoms with E-state index < -0.39 is 0 Å². The number of hydrogen-bond acceptors (Lipinski definition) is 1. The first kappa shape index (κ1) is 11.3. The molecule has 0 aliphatic carbocycles. The molecule has 2 rings (SSSR count). The monoisotopic (exact) mass is 252 g/mol. The van der Waals surface area contributed by atoms with E-state index in [2.05, 4.69) is 0 Å². The lowest BCUT2D eigenvalue weighted by atomic mass is 10.0. The molecule has 2 aromatic rings. The molecular weight excluding hydrogens is 243 g/mol. The zero-order valence-electron chi connectivity index (χ0n) is 8.67. The topological polar surface area (TPSA) is 20.2 Å². The SMILES string of the molecule is Cc1cc(Cl)ccc1-c1ccc(Cl)c(O)c1. The van der Waals surface area contributed by atoms with Gasteiger partial charge in [0.1, 0.15) is 5.75 Å². The maximum Gasteiger partial charge on any atom is 0.134 e. The van der Waals surface area contributed by atoms with Crippen molar-refractivity contribution in [3.8, 4) is 16.9 Å². The molecule has 3 heteroatoms. The van der Waals surface area contributed by atoms with Crippen LogP contribution in [0.5, 0.6) is 5.75 Å². The van der Waals surface area contributed by atoms with E-state index in [1.807, 2.05) is 31.2 Å². The van der Waals surface area contributed by atoms with Crippen LogP contribution in [0, 0.1) is 6.92 Å². The number of aromatic hydroxyl groups is 1. The van der Waals surface area contributed by atoms with E-state index in [4.69, 9.17) is 23.2 Å². The van der Waals surface area contributed by atoms with Crippen LogP contribution in [-0.2, 0) is 0 Å². The fourth-order valence-electron chi connectivity index (χ4n) is 1.63. The summed E-state index contributed by atoms with van der Waals surface area (Å²) in [6.07, 6.45) is 0. The zero-order chi connectivity index (χ0) is 11.7. The number of benzene rings is 2. The molecule has 0 bridgehead atoms. The molecule has 0 saturated heterocycles. The number of phenolic OH excluding ortho intramolecular Hbond substituents is 1. The molecule has 0 amide bonds. The average molecular weight is 253 g/mol. The summed E-state index contributed by atoms with van der Waals surface area (Å²) in [5.41, 5.74) is 3.03. The molecular formula is C13H10Cl2O. The average Bonchev–Trinajstić information content (AvgIpc) is 2.22. The summed E-state index contributed by atoms with van der Waals surface area (Å²) < 4.78 is 0. The van der Waals surface area contributed by atoms with Gasteiger partial charge in [-0.2, -0.15) is 0 Å².